The fourth-order valence-corrected chi connectivity index (χ4v) is 3.78. The van der Waals surface area contributed by atoms with Crippen LogP contribution in [0.3, 0.4) is 0 Å². The lowest BCUT2D eigenvalue weighted by molar-refractivity contribution is -0.141. The second-order valence-electron chi connectivity index (χ2n) is 8.83. The van der Waals surface area contributed by atoms with Crippen LogP contribution in [-0.2, 0) is 19.0 Å². The summed E-state index contributed by atoms with van der Waals surface area (Å²) in [5.74, 6) is 0.734. The highest BCUT2D eigenvalue weighted by atomic mass is 19.4. The van der Waals surface area contributed by atoms with Crippen molar-refractivity contribution < 1.29 is 13.2 Å². The molecular weight excluding hydrogens is 411 g/mol. The van der Waals surface area contributed by atoms with Crippen LogP contribution in [0.1, 0.15) is 85.6 Å². The lowest BCUT2D eigenvalue weighted by atomic mass is 9.92. The van der Waals surface area contributed by atoms with Crippen LogP contribution in [0.5, 0.6) is 0 Å². The third-order valence-corrected chi connectivity index (χ3v) is 5.91. The molecule has 0 aliphatic heterocycles. The van der Waals surface area contributed by atoms with Crippen molar-refractivity contribution in [2.75, 3.05) is 0 Å². The number of pyridine rings is 3. The largest absolute Gasteiger partial charge is 0.433 e. The van der Waals surface area contributed by atoms with E-state index in [-0.39, 0.29) is 5.92 Å². The van der Waals surface area contributed by atoms with Gasteiger partial charge in [-0.25, -0.2) is 0 Å². The van der Waals surface area contributed by atoms with Gasteiger partial charge in [0.2, 0.25) is 0 Å². The smallest absolute Gasteiger partial charge is 0.261 e. The molecule has 0 amide bonds. The van der Waals surface area contributed by atoms with E-state index in [0.717, 1.165) is 23.9 Å². The average Bonchev–Trinajstić information content (AvgIpc) is 2.77. The summed E-state index contributed by atoms with van der Waals surface area (Å²) in [6.45, 7) is 8.47. The number of halogens is 3. The molecule has 0 fully saturated rings. The van der Waals surface area contributed by atoms with Crippen molar-refractivity contribution in [3.05, 3.63) is 88.8 Å². The second kappa shape index (κ2) is 10.2. The Hall–Kier alpha value is -2.76. The highest BCUT2D eigenvalue weighted by Gasteiger charge is 2.32. The van der Waals surface area contributed by atoms with Gasteiger partial charge < -0.3 is 0 Å². The molecule has 0 bridgehead atoms. The van der Waals surface area contributed by atoms with Gasteiger partial charge in [0, 0.05) is 30.0 Å². The predicted octanol–water partition coefficient (Wildman–Crippen LogP) is 7.10. The van der Waals surface area contributed by atoms with Crippen molar-refractivity contribution in [1.82, 2.24) is 15.0 Å². The normalized spacial score (nSPS) is 13.9. The van der Waals surface area contributed by atoms with E-state index >= 15 is 0 Å². The lowest BCUT2D eigenvalue weighted by Gasteiger charge is -2.16. The summed E-state index contributed by atoms with van der Waals surface area (Å²) in [5.41, 5.74) is 4.32. The fourth-order valence-electron chi connectivity index (χ4n) is 3.78. The Labute approximate surface area is 188 Å². The highest BCUT2D eigenvalue weighted by Crippen LogP contribution is 2.30. The summed E-state index contributed by atoms with van der Waals surface area (Å²) in [7, 11) is 0. The first kappa shape index (κ1) is 23.9. The Kier molecular flexibility index (Phi) is 7.64. The zero-order valence-corrected chi connectivity index (χ0v) is 19.0. The molecule has 0 aliphatic rings. The van der Waals surface area contributed by atoms with Crippen LogP contribution < -0.4 is 0 Å². The van der Waals surface area contributed by atoms with E-state index in [1.807, 2.05) is 25.4 Å². The molecule has 170 valence electrons. The topological polar surface area (TPSA) is 38.7 Å². The van der Waals surface area contributed by atoms with E-state index in [9.17, 15) is 13.2 Å². The van der Waals surface area contributed by atoms with Crippen LogP contribution in [0, 0.1) is 0 Å². The van der Waals surface area contributed by atoms with Gasteiger partial charge in [-0.2, -0.15) is 13.2 Å². The minimum atomic E-state index is -4.43. The zero-order valence-electron chi connectivity index (χ0n) is 19.0. The number of rotatable bonds is 8. The first-order valence-electron chi connectivity index (χ1n) is 11.1. The lowest BCUT2D eigenvalue weighted by Crippen LogP contribution is -2.09. The SMILES string of the molecule is CC(C)c1ccnc(CC(C)c2ccnc(CCC(C)c3ccnc(C(F)(F)F)c3)c2)c1. The molecule has 0 aromatic carbocycles. The van der Waals surface area contributed by atoms with Crippen molar-refractivity contribution >= 4 is 0 Å². The van der Waals surface area contributed by atoms with Gasteiger partial charge in [-0.1, -0.05) is 27.7 Å². The second-order valence-corrected chi connectivity index (χ2v) is 8.83. The number of alkyl halides is 3. The summed E-state index contributed by atoms with van der Waals surface area (Å²) >= 11 is 0. The molecule has 2 atom stereocenters. The zero-order chi connectivity index (χ0) is 23.3. The molecule has 0 saturated heterocycles. The minimum absolute atomic E-state index is 0.0232. The molecule has 6 heteroatoms. The first-order valence-corrected chi connectivity index (χ1v) is 11.1. The molecule has 0 aliphatic carbocycles. The van der Waals surface area contributed by atoms with E-state index in [1.165, 1.54) is 17.3 Å². The standard InChI is InChI=1S/C26H30F3N3/c1-17(2)20-7-10-31-24(14-20)13-19(4)21-8-11-30-23(15-21)6-5-18(3)22-9-12-32-25(16-22)26(27,28)29/h7-12,14-19H,5-6,13H2,1-4H3. The van der Waals surface area contributed by atoms with Crippen LogP contribution in [0.15, 0.2) is 55.0 Å². The summed E-state index contributed by atoms with van der Waals surface area (Å²) in [6.07, 6.45) is 2.76. The number of hydrogen-bond donors (Lipinski definition) is 0. The molecule has 3 rings (SSSR count). The summed E-state index contributed by atoms with van der Waals surface area (Å²) < 4.78 is 38.8. The van der Waals surface area contributed by atoms with Gasteiger partial charge in [-0.15, -0.1) is 0 Å². The van der Waals surface area contributed by atoms with Gasteiger partial charge in [0.25, 0.3) is 0 Å². The van der Waals surface area contributed by atoms with Crippen molar-refractivity contribution in [3.8, 4) is 0 Å². The van der Waals surface area contributed by atoms with Gasteiger partial charge >= 0.3 is 6.18 Å². The fraction of sp³-hybridized carbons (Fsp3) is 0.423. The van der Waals surface area contributed by atoms with Crippen LogP contribution >= 0.6 is 0 Å². The molecule has 3 aromatic heterocycles. The Morgan fingerprint density at radius 2 is 1.28 bits per heavy atom. The Morgan fingerprint density at radius 1 is 0.719 bits per heavy atom. The number of hydrogen-bond acceptors (Lipinski definition) is 3. The van der Waals surface area contributed by atoms with E-state index in [2.05, 4.69) is 53.9 Å². The van der Waals surface area contributed by atoms with Gasteiger partial charge in [0.1, 0.15) is 5.69 Å². The van der Waals surface area contributed by atoms with Crippen LogP contribution in [-0.4, -0.2) is 15.0 Å². The number of nitrogens with zero attached hydrogens (tertiary/aromatic N) is 3. The monoisotopic (exact) mass is 441 g/mol. The third kappa shape index (κ3) is 6.38. The van der Waals surface area contributed by atoms with Crippen molar-refractivity contribution in [2.24, 2.45) is 0 Å². The quantitative estimate of drug-likeness (QED) is 0.374. The van der Waals surface area contributed by atoms with E-state index in [1.54, 1.807) is 6.07 Å². The summed E-state index contributed by atoms with van der Waals surface area (Å²) in [6, 6.07) is 11.2. The summed E-state index contributed by atoms with van der Waals surface area (Å²) in [5, 5.41) is 0. The predicted molar refractivity (Wildman–Crippen MR) is 121 cm³/mol. The molecule has 3 nitrogen and oxygen atoms in total. The molecule has 2 unspecified atom stereocenters. The molecule has 0 spiro atoms. The Balaban J connectivity index is 1.64. The van der Waals surface area contributed by atoms with Gasteiger partial charge in [-0.05, 0) is 90.1 Å². The Morgan fingerprint density at radius 3 is 1.94 bits per heavy atom. The molecule has 0 radical (unpaired) electrons. The van der Waals surface area contributed by atoms with Crippen LogP contribution in [0.25, 0.3) is 0 Å². The molecule has 3 aromatic rings. The summed E-state index contributed by atoms with van der Waals surface area (Å²) in [4.78, 5) is 12.5. The van der Waals surface area contributed by atoms with E-state index < -0.39 is 11.9 Å². The molecule has 0 N–H and O–H groups in total. The molecule has 3 heterocycles. The number of aryl methyl sites for hydroxylation is 1. The highest BCUT2D eigenvalue weighted by molar-refractivity contribution is 5.26. The van der Waals surface area contributed by atoms with Crippen LogP contribution in [0.2, 0.25) is 0 Å². The first-order chi connectivity index (χ1) is 15.1. The molecular formula is C26H30F3N3. The van der Waals surface area contributed by atoms with Gasteiger partial charge in [0.05, 0.1) is 0 Å². The van der Waals surface area contributed by atoms with Crippen LogP contribution in [0.4, 0.5) is 13.2 Å². The van der Waals surface area contributed by atoms with E-state index in [4.69, 9.17) is 0 Å². The number of aromatic nitrogens is 3. The van der Waals surface area contributed by atoms with Gasteiger partial charge in [0.15, 0.2) is 0 Å². The maximum absolute atomic E-state index is 12.9. The average molecular weight is 442 g/mol. The maximum atomic E-state index is 12.9. The maximum Gasteiger partial charge on any atom is 0.433 e. The van der Waals surface area contributed by atoms with Crippen molar-refractivity contribution in [1.29, 1.82) is 0 Å². The third-order valence-electron chi connectivity index (χ3n) is 5.91. The molecule has 0 saturated carbocycles. The van der Waals surface area contributed by atoms with E-state index in [0.29, 0.717) is 30.2 Å². The van der Waals surface area contributed by atoms with Gasteiger partial charge in [-0.3, -0.25) is 15.0 Å². The van der Waals surface area contributed by atoms with Crippen molar-refractivity contribution in [3.63, 3.8) is 0 Å². The minimum Gasteiger partial charge on any atom is -0.261 e. The van der Waals surface area contributed by atoms with Crippen molar-refractivity contribution in [2.45, 2.75) is 70.9 Å². The molecule has 32 heavy (non-hydrogen) atoms. The Bertz CT molecular complexity index is 1030.